The van der Waals surface area contributed by atoms with Gasteiger partial charge < -0.3 is 4.74 Å². The number of ether oxygens (including phenoxy) is 1. The molecule has 5 heteroatoms. The maximum absolute atomic E-state index is 12.0. The quantitative estimate of drug-likeness (QED) is 0.675. The molecule has 0 aliphatic rings. The molecule has 3 rings (SSSR count). The summed E-state index contributed by atoms with van der Waals surface area (Å²) in [4.78, 5) is 26.4. The van der Waals surface area contributed by atoms with Gasteiger partial charge in [-0.3, -0.25) is 14.3 Å². The van der Waals surface area contributed by atoms with Crippen molar-refractivity contribution in [2.45, 2.75) is 19.4 Å². The van der Waals surface area contributed by atoms with E-state index in [9.17, 15) is 9.59 Å². The number of nitrogens with zero attached hydrogens (tertiary/aromatic N) is 1. The Morgan fingerprint density at radius 1 is 0.880 bits per heavy atom. The molecular weight excluding hydrogens is 316 g/mol. The second kappa shape index (κ2) is 8.15. The molecule has 0 saturated heterocycles. The lowest BCUT2D eigenvalue weighted by Gasteiger charge is -2.09. The number of aromatic nitrogens is 2. The summed E-state index contributed by atoms with van der Waals surface area (Å²) in [7, 11) is 0. The van der Waals surface area contributed by atoms with Gasteiger partial charge in [-0.2, -0.15) is 0 Å². The number of rotatable bonds is 7. The van der Waals surface area contributed by atoms with Crippen molar-refractivity contribution in [3.63, 3.8) is 0 Å². The molecule has 0 fully saturated rings. The van der Waals surface area contributed by atoms with E-state index in [1.165, 1.54) is 0 Å². The minimum atomic E-state index is -0.381. The molecule has 128 valence electrons. The second-order valence-electron chi connectivity index (χ2n) is 5.73. The van der Waals surface area contributed by atoms with Crippen molar-refractivity contribution in [2.24, 2.45) is 0 Å². The Kier molecular flexibility index (Phi) is 5.46. The Balaban J connectivity index is 1.61. The molecule has 0 spiro atoms. The maximum atomic E-state index is 12.0. The van der Waals surface area contributed by atoms with E-state index >= 15 is 0 Å². The zero-order valence-corrected chi connectivity index (χ0v) is 13.9. The first kappa shape index (κ1) is 16.8. The molecule has 0 atom stereocenters. The largest absolute Gasteiger partial charge is 0.494 e. The van der Waals surface area contributed by atoms with Crippen LogP contribution in [0.25, 0.3) is 11.1 Å². The minimum absolute atomic E-state index is 0.361. The Bertz CT molecular complexity index is 915. The van der Waals surface area contributed by atoms with Crippen LogP contribution >= 0.6 is 0 Å². The fourth-order valence-corrected chi connectivity index (χ4v) is 2.59. The molecule has 3 aromatic rings. The van der Waals surface area contributed by atoms with Crippen molar-refractivity contribution in [1.82, 2.24) is 9.55 Å². The number of aromatic amines is 1. The first-order valence-corrected chi connectivity index (χ1v) is 8.31. The summed E-state index contributed by atoms with van der Waals surface area (Å²) >= 11 is 0. The fourth-order valence-electron chi connectivity index (χ4n) is 2.59. The summed E-state index contributed by atoms with van der Waals surface area (Å²) < 4.78 is 7.19. The van der Waals surface area contributed by atoms with Gasteiger partial charge in [0.2, 0.25) is 0 Å². The average molecular weight is 336 g/mol. The van der Waals surface area contributed by atoms with Crippen LogP contribution in [0.2, 0.25) is 0 Å². The zero-order chi connectivity index (χ0) is 17.5. The van der Waals surface area contributed by atoms with Crippen molar-refractivity contribution < 1.29 is 4.74 Å². The molecule has 0 aliphatic heterocycles. The number of H-pyrrole nitrogens is 1. The third-order valence-corrected chi connectivity index (χ3v) is 3.90. The normalized spacial score (nSPS) is 10.6. The summed E-state index contributed by atoms with van der Waals surface area (Å²) in [5, 5.41) is 0. The molecular formula is C20H20N2O3. The van der Waals surface area contributed by atoms with Crippen LogP contribution in [0.15, 0.2) is 76.4 Å². The fraction of sp³-hybridized carbons (Fsp3) is 0.200. The van der Waals surface area contributed by atoms with Crippen LogP contribution in [0.3, 0.4) is 0 Å². The van der Waals surface area contributed by atoms with Crippen LogP contribution in [-0.4, -0.2) is 16.2 Å². The van der Waals surface area contributed by atoms with E-state index in [1.807, 2.05) is 60.7 Å². The number of benzene rings is 2. The van der Waals surface area contributed by atoms with Gasteiger partial charge in [-0.1, -0.05) is 48.5 Å². The molecule has 5 nitrogen and oxygen atoms in total. The molecule has 1 aromatic heterocycles. The highest BCUT2D eigenvalue weighted by Crippen LogP contribution is 2.13. The highest BCUT2D eigenvalue weighted by molar-refractivity contribution is 5.60. The molecule has 1 N–H and O–H groups in total. The van der Waals surface area contributed by atoms with Crippen molar-refractivity contribution in [2.75, 3.05) is 6.61 Å². The third kappa shape index (κ3) is 4.47. The predicted molar refractivity (Wildman–Crippen MR) is 97.9 cm³/mol. The molecule has 0 radical (unpaired) electrons. The van der Waals surface area contributed by atoms with Crippen molar-refractivity contribution in [3.8, 4) is 16.9 Å². The Hall–Kier alpha value is -3.08. The monoisotopic (exact) mass is 336 g/mol. The summed E-state index contributed by atoms with van der Waals surface area (Å²) in [6.45, 7) is 1.13. The lowest BCUT2D eigenvalue weighted by molar-refractivity contribution is 0.302. The predicted octanol–water partition coefficient (Wildman–Crippen LogP) is 3.06. The number of hydrogen-bond acceptors (Lipinski definition) is 3. The lowest BCUT2D eigenvalue weighted by Crippen LogP contribution is -2.30. The summed E-state index contributed by atoms with van der Waals surface area (Å²) in [5.74, 6) is 0.843. The maximum Gasteiger partial charge on any atom is 0.328 e. The topological polar surface area (TPSA) is 64.1 Å². The highest BCUT2D eigenvalue weighted by Gasteiger charge is 2.06. The van der Waals surface area contributed by atoms with Crippen molar-refractivity contribution in [1.29, 1.82) is 0 Å². The van der Waals surface area contributed by atoms with Crippen LogP contribution in [-0.2, 0) is 6.54 Å². The summed E-state index contributed by atoms with van der Waals surface area (Å²) in [5.41, 5.74) is 0.555. The average Bonchev–Trinajstić information content (AvgIpc) is 2.64. The van der Waals surface area contributed by atoms with E-state index in [0.717, 1.165) is 24.2 Å². The number of para-hydroxylation sites is 1. The van der Waals surface area contributed by atoms with Gasteiger partial charge in [0.1, 0.15) is 5.75 Å². The van der Waals surface area contributed by atoms with Crippen molar-refractivity contribution in [3.05, 3.63) is 87.7 Å². The minimum Gasteiger partial charge on any atom is -0.494 e. The molecule has 0 saturated carbocycles. The molecule has 0 aliphatic carbocycles. The van der Waals surface area contributed by atoms with Crippen LogP contribution in [0.5, 0.6) is 5.75 Å². The molecule has 0 unspecified atom stereocenters. The highest BCUT2D eigenvalue weighted by atomic mass is 16.5. The van der Waals surface area contributed by atoms with E-state index in [1.54, 1.807) is 10.8 Å². The van der Waals surface area contributed by atoms with Crippen LogP contribution in [0, 0.1) is 0 Å². The Morgan fingerprint density at radius 3 is 2.28 bits per heavy atom. The van der Waals surface area contributed by atoms with Gasteiger partial charge in [-0.25, -0.2) is 4.79 Å². The van der Waals surface area contributed by atoms with Gasteiger partial charge in [-0.05, 0) is 30.5 Å². The smallest absolute Gasteiger partial charge is 0.328 e. The molecule has 0 bridgehead atoms. The van der Waals surface area contributed by atoms with Crippen LogP contribution in [0.1, 0.15) is 12.8 Å². The van der Waals surface area contributed by atoms with Crippen LogP contribution in [0.4, 0.5) is 0 Å². The van der Waals surface area contributed by atoms with Gasteiger partial charge >= 0.3 is 5.69 Å². The first-order valence-electron chi connectivity index (χ1n) is 8.31. The Morgan fingerprint density at radius 2 is 1.56 bits per heavy atom. The number of unbranched alkanes of at least 4 members (excludes halogenated alkanes) is 1. The first-order chi connectivity index (χ1) is 12.2. The van der Waals surface area contributed by atoms with E-state index in [0.29, 0.717) is 18.7 Å². The molecule has 0 amide bonds. The standard InChI is InChI=1S/C20H20N2O3/c23-19-18(16-9-3-1-4-10-16)15-22(20(24)21-19)13-7-8-14-25-17-11-5-2-6-12-17/h1-6,9-12,15H,7-8,13-14H2,(H,21,23,24). The zero-order valence-electron chi connectivity index (χ0n) is 13.9. The third-order valence-electron chi connectivity index (χ3n) is 3.90. The summed E-state index contributed by atoms with van der Waals surface area (Å²) in [6.07, 6.45) is 3.24. The molecule has 1 heterocycles. The SMILES string of the molecule is O=c1[nH]c(=O)n(CCCCOc2ccccc2)cc1-c1ccccc1. The van der Waals surface area contributed by atoms with Gasteiger partial charge in [0.15, 0.2) is 0 Å². The van der Waals surface area contributed by atoms with Gasteiger partial charge in [0.05, 0.1) is 12.2 Å². The number of nitrogens with one attached hydrogen (secondary N) is 1. The van der Waals surface area contributed by atoms with Crippen LogP contribution < -0.4 is 16.0 Å². The Labute approximate surface area is 145 Å². The van der Waals surface area contributed by atoms with E-state index < -0.39 is 0 Å². The lowest BCUT2D eigenvalue weighted by atomic mass is 10.1. The van der Waals surface area contributed by atoms with E-state index in [-0.39, 0.29) is 11.2 Å². The van der Waals surface area contributed by atoms with Gasteiger partial charge in [0, 0.05) is 12.7 Å². The number of aryl methyl sites for hydroxylation is 1. The van der Waals surface area contributed by atoms with Crippen molar-refractivity contribution >= 4 is 0 Å². The number of hydrogen-bond donors (Lipinski definition) is 1. The van der Waals surface area contributed by atoms with Gasteiger partial charge in [0.25, 0.3) is 5.56 Å². The van der Waals surface area contributed by atoms with E-state index in [2.05, 4.69) is 4.98 Å². The summed E-state index contributed by atoms with van der Waals surface area (Å²) in [6, 6.07) is 19.0. The second-order valence-corrected chi connectivity index (χ2v) is 5.73. The van der Waals surface area contributed by atoms with Gasteiger partial charge in [-0.15, -0.1) is 0 Å². The molecule has 2 aromatic carbocycles. The molecule has 25 heavy (non-hydrogen) atoms. The van der Waals surface area contributed by atoms with E-state index in [4.69, 9.17) is 4.74 Å².